The van der Waals surface area contributed by atoms with Gasteiger partial charge >= 0.3 is 0 Å². The minimum Gasteiger partial charge on any atom is -0.483 e. The highest BCUT2D eigenvalue weighted by molar-refractivity contribution is 7.15. The Morgan fingerprint density at radius 2 is 1.73 bits per heavy atom. The van der Waals surface area contributed by atoms with E-state index in [0.717, 1.165) is 37.2 Å². The van der Waals surface area contributed by atoms with E-state index in [1.165, 1.54) is 6.07 Å². The summed E-state index contributed by atoms with van der Waals surface area (Å²) in [7, 11) is 0. The average molecular weight is 787 g/mol. The topological polar surface area (TPSA) is 197 Å². The first kappa shape index (κ1) is 37.8. The fourth-order valence-corrected chi connectivity index (χ4v) is 8.38. The van der Waals surface area contributed by atoms with E-state index >= 15 is 0 Å². The number of benzene rings is 2. The Labute approximate surface area is 325 Å². The molecule has 2 unspecified atom stereocenters. The fraction of sp³-hybridized carbons (Fsp3) is 0.368. The number of piperidine rings is 1. The summed E-state index contributed by atoms with van der Waals surface area (Å²) in [6, 6.07) is 10.5. The normalized spacial score (nSPS) is 18.9. The zero-order valence-corrected chi connectivity index (χ0v) is 31.9. The van der Waals surface area contributed by atoms with Crippen molar-refractivity contribution in [2.24, 2.45) is 4.99 Å². The summed E-state index contributed by atoms with van der Waals surface area (Å²) >= 11 is 7.85. The van der Waals surface area contributed by atoms with Gasteiger partial charge in [-0.2, -0.15) is 0 Å². The number of carbonyl (C=O) groups excluding carboxylic acids is 5. The molecule has 4 aromatic rings. The van der Waals surface area contributed by atoms with E-state index in [0.29, 0.717) is 42.6 Å². The third-order valence-corrected chi connectivity index (χ3v) is 11.4. The van der Waals surface area contributed by atoms with Gasteiger partial charge < -0.3 is 20.5 Å². The molecule has 55 heavy (non-hydrogen) atoms. The predicted octanol–water partition coefficient (Wildman–Crippen LogP) is 3.53. The molecule has 2 aromatic carbocycles. The molecule has 17 heteroatoms. The van der Waals surface area contributed by atoms with Crippen LogP contribution in [0.25, 0.3) is 5.00 Å². The minimum absolute atomic E-state index is 0.0439. The van der Waals surface area contributed by atoms with Crippen molar-refractivity contribution in [1.29, 1.82) is 0 Å². The highest BCUT2D eigenvalue weighted by Gasteiger charge is 2.46. The molecule has 3 aliphatic heterocycles. The van der Waals surface area contributed by atoms with Crippen LogP contribution in [0.1, 0.15) is 93.5 Å². The van der Waals surface area contributed by atoms with Crippen molar-refractivity contribution in [2.45, 2.75) is 71.2 Å². The molecule has 0 spiro atoms. The van der Waals surface area contributed by atoms with Gasteiger partial charge in [-0.15, -0.1) is 21.5 Å². The van der Waals surface area contributed by atoms with E-state index in [4.69, 9.17) is 21.3 Å². The van der Waals surface area contributed by atoms with Crippen molar-refractivity contribution in [2.75, 3.05) is 19.7 Å². The lowest BCUT2D eigenvalue weighted by molar-refractivity contribution is -0.139. The van der Waals surface area contributed by atoms with Gasteiger partial charge in [-0.3, -0.25) is 43.7 Å². The predicted molar refractivity (Wildman–Crippen MR) is 202 cm³/mol. The molecule has 0 saturated carbocycles. The second kappa shape index (κ2) is 15.7. The molecular weight excluding hydrogens is 748 g/mol. The molecule has 5 amide bonds. The van der Waals surface area contributed by atoms with Gasteiger partial charge in [0, 0.05) is 46.1 Å². The molecule has 3 aliphatic rings. The molecule has 4 N–H and O–H groups in total. The number of carbonyl (C=O) groups is 5. The van der Waals surface area contributed by atoms with E-state index in [1.807, 2.05) is 35.8 Å². The lowest BCUT2D eigenvalue weighted by Crippen LogP contribution is -2.53. The van der Waals surface area contributed by atoms with Crippen molar-refractivity contribution in [3.05, 3.63) is 91.8 Å². The number of amides is 5. The van der Waals surface area contributed by atoms with Crippen LogP contribution in [0.2, 0.25) is 5.02 Å². The monoisotopic (exact) mass is 786 g/mol. The standard InChI is InChI=1S/C38H39ClN8O7S/c1-19-20(2)55-38-31(19)33(22-9-11-23(39)12-10-22)42-25(34-45-44-21(3)46(34)38)17-29(49)40-15-4-5-16-41-30(50)18-54-27-8-6-7-24-32(27)37(53)47(36(24)52)26-13-14-28(48)43-35(26)51/h6-12,25-26,36,52H,4-5,13-18H2,1-3H3,(H,40,49)(H,41,50)(H,43,48,51)/t25-,26?,36?/m1/s1. The summed E-state index contributed by atoms with van der Waals surface area (Å²) in [5.74, 6) is -0.929. The molecular formula is C38H39ClN8O7S. The summed E-state index contributed by atoms with van der Waals surface area (Å²) in [6.45, 7) is 6.36. The smallest absolute Gasteiger partial charge is 0.261 e. The van der Waals surface area contributed by atoms with Gasteiger partial charge in [0.1, 0.15) is 28.7 Å². The quantitative estimate of drug-likeness (QED) is 0.123. The van der Waals surface area contributed by atoms with Gasteiger partial charge in [-0.25, -0.2) is 0 Å². The Bertz CT molecular complexity index is 2230. The third-order valence-electron chi connectivity index (χ3n) is 9.94. The Hall–Kier alpha value is -5.45. The number of hydrogen-bond donors (Lipinski definition) is 4. The number of aliphatic hydroxyl groups is 1. The van der Waals surface area contributed by atoms with E-state index in [9.17, 15) is 29.1 Å². The summed E-state index contributed by atoms with van der Waals surface area (Å²) in [5, 5.41) is 29.2. The maximum absolute atomic E-state index is 13.3. The first-order chi connectivity index (χ1) is 26.4. The van der Waals surface area contributed by atoms with Crippen molar-refractivity contribution >= 4 is 58.2 Å². The number of ether oxygens (including phenoxy) is 1. The fourth-order valence-electron chi connectivity index (χ4n) is 7.04. The molecule has 7 rings (SSSR count). The number of aliphatic hydroxyl groups excluding tert-OH is 1. The molecule has 0 radical (unpaired) electrons. The van der Waals surface area contributed by atoms with Crippen LogP contribution in [0, 0.1) is 20.8 Å². The van der Waals surface area contributed by atoms with E-state index < -0.39 is 41.9 Å². The number of thiophene rings is 1. The van der Waals surface area contributed by atoms with Gasteiger partial charge in [0.25, 0.3) is 11.8 Å². The number of halogens is 1. The SMILES string of the molecule is Cc1sc2c(c1C)C(c1ccc(Cl)cc1)=N[C@H](CC(=O)NCCCCNC(=O)COc1cccc3c1C(=O)N(C1CCC(=O)NC1=O)C3O)c1nnc(C)n1-2. The summed E-state index contributed by atoms with van der Waals surface area (Å²) in [4.78, 5) is 70.5. The van der Waals surface area contributed by atoms with Crippen LogP contribution in [-0.4, -0.2) is 85.8 Å². The van der Waals surface area contributed by atoms with Gasteiger partial charge in [0.05, 0.1) is 17.7 Å². The number of nitrogens with one attached hydrogen (secondary N) is 3. The first-order valence-corrected chi connectivity index (χ1v) is 19.1. The van der Waals surface area contributed by atoms with Crippen LogP contribution < -0.4 is 20.7 Å². The Morgan fingerprint density at radius 1 is 1.00 bits per heavy atom. The van der Waals surface area contributed by atoms with Crippen LogP contribution in [0.5, 0.6) is 5.75 Å². The Morgan fingerprint density at radius 3 is 2.45 bits per heavy atom. The summed E-state index contributed by atoms with van der Waals surface area (Å²) in [6.07, 6.45) is -0.0380. The lowest BCUT2D eigenvalue weighted by Gasteiger charge is -2.31. The molecule has 1 saturated heterocycles. The number of aromatic nitrogens is 3. The zero-order chi connectivity index (χ0) is 39.0. The molecule has 1 fully saturated rings. The van der Waals surface area contributed by atoms with Crippen LogP contribution >= 0.6 is 22.9 Å². The number of fused-ring (bicyclic) bond motifs is 4. The summed E-state index contributed by atoms with van der Waals surface area (Å²) in [5.41, 5.74) is 4.06. The number of nitrogens with zero attached hydrogens (tertiary/aromatic N) is 5. The van der Waals surface area contributed by atoms with Crippen LogP contribution in [0.15, 0.2) is 47.5 Å². The second-order valence-electron chi connectivity index (χ2n) is 13.6. The number of rotatable bonds is 12. The van der Waals surface area contributed by atoms with Crippen molar-refractivity contribution in [3.8, 4) is 10.8 Å². The van der Waals surface area contributed by atoms with Gasteiger partial charge in [0.15, 0.2) is 18.7 Å². The lowest BCUT2D eigenvalue weighted by atomic mass is 9.99. The maximum atomic E-state index is 13.3. The molecule has 0 bridgehead atoms. The number of hydrogen-bond acceptors (Lipinski definition) is 11. The third kappa shape index (κ3) is 7.49. The van der Waals surface area contributed by atoms with Gasteiger partial charge in [0.2, 0.25) is 17.7 Å². The van der Waals surface area contributed by atoms with Crippen molar-refractivity contribution < 1.29 is 33.8 Å². The van der Waals surface area contributed by atoms with Crippen LogP contribution in [0.4, 0.5) is 0 Å². The minimum atomic E-state index is -1.40. The largest absolute Gasteiger partial charge is 0.483 e. The Kier molecular flexibility index (Phi) is 10.8. The van der Waals surface area contributed by atoms with Crippen molar-refractivity contribution in [1.82, 2.24) is 35.6 Å². The maximum Gasteiger partial charge on any atom is 0.261 e. The van der Waals surface area contributed by atoms with Gasteiger partial charge in [-0.05, 0) is 63.8 Å². The number of aryl methyl sites for hydroxylation is 2. The second-order valence-corrected chi connectivity index (χ2v) is 15.2. The van der Waals surface area contributed by atoms with E-state index in [2.05, 4.69) is 40.0 Å². The molecule has 5 heterocycles. The molecule has 3 atom stereocenters. The Balaban J connectivity index is 0.905. The van der Waals surface area contributed by atoms with E-state index in [-0.39, 0.29) is 48.7 Å². The van der Waals surface area contributed by atoms with Crippen molar-refractivity contribution in [3.63, 3.8) is 0 Å². The average Bonchev–Trinajstić information content (AvgIpc) is 3.73. The highest BCUT2D eigenvalue weighted by Crippen LogP contribution is 2.41. The van der Waals surface area contributed by atoms with Crippen LogP contribution in [-0.2, 0) is 19.2 Å². The number of imide groups is 1. The van der Waals surface area contributed by atoms with Crippen LogP contribution in [0.3, 0.4) is 0 Å². The zero-order valence-electron chi connectivity index (χ0n) is 30.3. The first-order valence-electron chi connectivity index (χ1n) is 17.9. The molecule has 15 nitrogen and oxygen atoms in total. The number of unbranched alkanes of at least 4 members (excludes halogenated alkanes) is 1. The highest BCUT2D eigenvalue weighted by atomic mass is 35.5. The van der Waals surface area contributed by atoms with Gasteiger partial charge in [-0.1, -0.05) is 35.9 Å². The molecule has 2 aromatic heterocycles. The van der Waals surface area contributed by atoms with E-state index in [1.54, 1.807) is 23.5 Å². The molecule has 286 valence electrons. The number of aliphatic imine (C=N–C) groups is 1. The molecule has 0 aliphatic carbocycles. The summed E-state index contributed by atoms with van der Waals surface area (Å²) < 4.78 is 7.68.